The van der Waals surface area contributed by atoms with E-state index in [1.54, 1.807) is 12.1 Å². The smallest absolute Gasteiger partial charge is 0.408 e. The molecule has 3 saturated heterocycles. The second-order valence-electron chi connectivity index (χ2n) is 12.9. The number of fused-ring (bicyclic) bond motifs is 4. The van der Waals surface area contributed by atoms with Crippen LogP contribution in [-0.4, -0.2) is 71.6 Å². The third-order valence-corrected chi connectivity index (χ3v) is 9.56. The fraction of sp³-hybridized carbons (Fsp3) is 0.421. The number of amides is 1. The number of aliphatic hydroxyl groups excluding tert-OH is 1. The lowest BCUT2D eigenvalue weighted by molar-refractivity contribution is -0.0336. The number of nitrogens with one attached hydrogen (secondary N) is 3. The second-order valence-corrected chi connectivity index (χ2v) is 12.9. The van der Waals surface area contributed by atoms with Crippen LogP contribution in [0, 0.1) is 5.92 Å². The Morgan fingerprint density at radius 3 is 2.52 bits per heavy atom. The Kier molecular flexibility index (Phi) is 11.3. The van der Waals surface area contributed by atoms with E-state index in [-0.39, 0.29) is 29.5 Å². The van der Waals surface area contributed by atoms with Gasteiger partial charge in [-0.25, -0.2) is 4.79 Å². The molecule has 5 N–H and O–H groups in total. The van der Waals surface area contributed by atoms with Crippen LogP contribution in [0.5, 0.6) is 11.5 Å². The van der Waals surface area contributed by atoms with Crippen molar-refractivity contribution < 1.29 is 24.5 Å². The molecule has 0 spiro atoms. The maximum absolute atomic E-state index is 13.1. The highest BCUT2D eigenvalue weighted by molar-refractivity contribution is 5.87. The minimum atomic E-state index is -0.768. The predicted octanol–water partition coefficient (Wildman–Crippen LogP) is 5.41. The number of pyridine rings is 1. The fourth-order valence-corrected chi connectivity index (χ4v) is 6.92. The molecule has 3 aliphatic rings. The summed E-state index contributed by atoms with van der Waals surface area (Å²) in [7, 11) is 0. The number of carbonyl (C=O) groups is 1. The average molecular weight is 655 g/mol. The van der Waals surface area contributed by atoms with E-state index in [4.69, 9.17) is 9.47 Å². The van der Waals surface area contributed by atoms with Crippen molar-refractivity contribution in [3.05, 3.63) is 106 Å². The number of phenols is 1. The Bertz CT molecular complexity index is 1700. The highest BCUT2D eigenvalue weighted by Gasteiger charge is 2.37. The minimum Gasteiger partial charge on any atom is -0.506 e. The normalized spacial score (nSPS) is 19.9. The van der Waals surface area contributed by atoms with E-state index in [9.17, 15) is 19.8 Å². The van der Waals surface area contributed by atoms with Gasteiger partial charge in [0.25, 0.3) is 0 Å². The first-order valence-electron chi connectivity index (χ1n) is 17.2. The van der Waals surface area contributed by atoms with Gasteiger partial charge in [0, 0.05) is 24.5 Å². The van der Waals surface area contributed by atoms with Crippen molar-refractivity contribution in [1.82, 2.24) is 20.5 Å². The molecule has 0 aliphatic carbocycles. The van der Waals surface area contributed by atoms with Crippen LogP contribution in [0.15, 0.2) is 83.7 Å². The number of aromatic amines is 1. The number of hydrogen-bond acceptors (Lipinski definition) is 8. The number of benzene rings is 3. The third-order valence-electron chi connectivity index (χ3n) is 9.56. The number of ether oxygens (including phenoxy) is 2. The third kappa shape index (κ3) is 8.55. The number of hydrogen-bond donors (Lipinski definition) is 5. The summed E-state index contributed by atoms with van der Waals surface area (Å²) in [5.74, 6) is 1.19. The van der Waals surface area contributed by atoms with Gasteiger partial charge in [0.2, 0.25) is 5.56 Å². The van der Waals surface area contributed by atoms with Crippen molar-refractivity contribution in [1.29, 1.82) is 0 Å². The number of aromatic hydroxyl groups is 1. The summed E-state index contributed by atoms with van der Waals surface area (Å²) < 4.78 is 12.1. The van der Waals surface area contributed by atoms with E-state index >= 15 is 0 Å². The van der Waals surface area contributed by atoms with E-state index in [0.717, 1.165) is 81.6 Å². The molecule has 2 bridgehead atoms. The number of carbonyl (C=O) groups excluding carboxylic acids is 1. The molecule has 48 heavy (non-hydrogen) atoms. The lowest BCUT2D eigenvalue weighted by Crippen LogP contribution is -2.52. The predicted molar refractivity (Wildman–Crippen MR) is 185 cm³/mol. The zero-order valence-corrected chi connectivity index (χ0v) is 27.3. The summed E-state index contributed by atoms with van der Waals surface area (Å²) in [6.45, 7) is 4.75. The van der Waals surface area contributed by atoms with Crippen LogP contribution < -0.4 is 20.9 Å². The Hall–Kier alpha value is -4.38. The molecule has 4 heterocycles. The molecule has 3 atom stereocenters. The standard InChI is InChI=1S/C38H46N4O6/c43-32-15-13-30(31-14-16-35(45)40-37(31)32)33(44)24-39-19-6-1-2-7-22-47-29-12-8-11-28(23-29)36(27-9-4-3-5-10-27)41-38(46)48-34-25-42-20-17-26(34)18-21-42/h3-5,8-16,23,26,33-34,36,39,43-44H,1-2,6-7,17-22,24-25H2,(H,40,45)(H,41,46). The van der Waals surface area contributed by atoms with E-state index in [0.29, 0.717) is 35.5 Å². The molecule has 0 saturated carbocycles. The number of phenolic OH excluding ortho intramolecular Hbond substituents is 1. The molecule has 1 amide bonds. The summed E-state index contributed by atoms with van der Waals surface area (Å²) in [6.07, 6.45) is 4.89. The van der Waals surface area contributed by atoms with Crippen molar-refractivity contribution in [2.24, 2.45) is 5.92 Å². The average Bonchev–Trinajstić information content (AvgIpc) is 3.11. The van der Waals surface area contributed by atoms with Crippen molar-refractivity contribution in [3.63, 3.8) is 0 Å². The van der Waals surface area contributed by atoms with Gasteiger partial charge in [-0.15, -0.1) is 0 Å². The molecule has 7 rings (SSSR count). The quantitative estimate of drug-likeness (QED) is 0.108. The Morgan fingerprint density at radius 2 is 1.73 bits per heavy atom. The number of H-pyrrole nitrogens is 1. The van der Waals surface area contributed by atoms with Gasteiger partial charge in [0.1, 0.15) is 17.6 Å². The zero-order valence-electron chi connectivity index (χ0n) is 27.3. The molecule has 1 aromatic heterocycles. The largest absolute Gasteiger partial charge is 0.506 e. The maximum Gasteiger partial charge on any atom is 0.408 e. The first kappa shape index (κ1) is 33.5. The van der Waals surface area contributed by atoms with Crippen LogP contribution >= 0.6 is 0 Å². The van der Waals surface area contributed by atoms with E-state index < -0.39 is 6.10 Å². The molecule has 10 heteroatoms. The summed E-state index contributed by atoms with van der Waals surface area (Å²) in [4.78, 5) is 29.8. The lowest BCUT2D eigenvalue weighted by Gasteiger charge is -2.43. The summed E-state index contributed by atoms with van der Waals surface area (Å²) >= 11 is 0. The monoisotopic (exact) mass is 654 g/mol. The molecule has 3 fully saturated rings. The van der Waals surface area contributed by atoms with E-state index in [1.165, 1.54) is 12.1 Å². The van der Waals surface area contributed by atoms with Gasteiger partial charge < -0.3 is 35.3 Å². The summed E-state index contributed by atoms with van der Waals surface area (Å²) in [5, 5.41) is 27.9. The first-order valence-corrected chi connectivity index (χ1v) is 17.2. The van der Waals surface area contributed by atoms with Crippen molar-refractivity contribution in [2.75, 3.05) is 39.3 Å². The number of unbranched alkanes of at least 4 members (excludes halogenated alkanes) is 3. The molecule has 3 aliphatic heterocycles. The Balaban J connectivity index is 0.927. The topological polar surface area (TPSA) is 136 Å². The van der Waals surface area contributed by atoms with E-state index in [2.05, 4.69) is 20.5 Å². The lowest BCUT2D eigenvalue weighted by atomic mass is 9.86. The van der Waals surface area contributed by atoms with Gasteiger partial charge in [-0.1, -0.05) is 61.4 Å². The molecule has 4 aromatic rings. The second kappa shape index (κ2) is 16.1. The molecular weight excluding hydrogens is 608 g/mol. The van der Waals surface area contributed by atoms with Gasteiger partial charge >= 0.3 is 6.09 Å². The number of nitrogens with zero attached hydrogens (tertiary/aromatic N) is 1. The number of aromatic nitrogens is 1. The van der Waals surface area contributed by atoms with Crippen molar-refractivity contribution in [2.45, 2.75) is 56.8 Å². The number of alkyl carbamates (subject to hydrolysis) is 1. The minimum absolute atomic E-state index is 0.0201. The molecule has 10 nitrogen and oxygen atoms in total. The molecular formula is C38H46N4O6. The van der Waals surface area contributed by atoms with Gasteiger partial charge in [0.15, 0.2) is 0 Å². The zero-order chi connectivity index (χ0) is 33.3. The molecule has 3 unspecified atom stereocenters. The molecule has 254 valence electrons. The molecule has 3 aromatic carbocycles. The van der Waals surface area contributed by atoms with Crippen LogP contribution in [-0.2, 0) is 4.74 Å². The van der Waals surface area contributed by atoms with Crippen molar-refractivity contribution >= 4 is 17.0 Å². The van der Waals surface area contributed by atoms with Gasteiger partial charge in [-0.05, 0) is 92.2 Å². The van der Waals surface area contributed by atoms with Gasteiger partial charge in [-0.2, -0.15) is 0 Å². The molecule has 0 radical (unpaired) electrons. The van der Waals surface area contributed by atoms with Crippen molar-refractivity contribution in [3.8, 4) is 11.5 Å². The summed E-state index contributed by atoms with van der Waals surface area (Å²) in [5.41, 5.74) is 2.60. The van der Waals surface area contributed by atoms with Gasteiger partial charge in [-0.3, -0.25) is 9.69 Å². The fourth-order valence-electron chi connectivity index (χ4n) is 6.92. The first-order chi connectivity index (χ1) is 23.4. The number of piperidine rings is 3. The summed E-state index contributed by atoms with van der Waals surface area (Å²) in [6, 6.07) is 23.7. The SMILES string of the molecule is O=C(NC(c1ccccc1)c1cccc(OCCCCCCNCC(O)c2ccc(O)c3[nH]c(=O)ccc23)c1)OC1CN2CCC1CC2. The highest BCUT2D eigenvalue weighted by Crippen LogP contribution is 2.31. The van der Waals surface area contributed by atoms with E-state index in [1.807, 2.05) is 54.6 Å². The highest BCUT2D eigenvalue weighted by atomic mass is 16.6. The maximum atomic E-state index is 13.1. The van der Waals surface area contributed by atoms with Crippen LogP contribution in [0.3, 0.4) is 0 Å². The van der Waals surface area contributed by atoms with Crippen LogP contribution in [0.4, 0.5) is 4.79 Å². The number of aliphatic hydroxyl groups is 1. The van der Waals surface area contributed by atoms with Crippen LogP contribution in [0.2, 0.25) is 0 Å². The van der Waals surface area contributed by atoms with Gasteiger partial charge in [0.05, 0.1) is 24.3 Å². The van der Waals surface area contributed by atoms with Crippen LogP contribution in [0.1, 0.15) is 67.4 Å². The Morgan fingerprint density at radius 1 is 0.938 bits per heavy atom. The Labute approximate surface area is 281 Å². The van der Waals surface area contributed by atoms with Crippen LogP contribution in [0.25, 0.3) is 10.9 Å². The number of rotatable bonds is 15.